The van der Waals surface area contributed by atoms with E-state index in [0.717, 1.165) is 10.8 Å². The van der Waals surface area contributed by atoms with Crippen molar-refractivity contribution in [3.05, 3.63) is 48.0 Å². The lowest BCUT2D eigenvalue weighted by Crippen LogP contribution is -2.40. The van der Waals surface area contributed by atoms with Gasteiger partial charge in [-0.25, -0.2) is 4.79 Å². The van der Waals surface area contributed by atoms with E-state index in [1.54, 1.807) is 12.1 Å². The van der Waals surface area contributed by atoms with Crippen molar-refractivity contribution in [2.75, 3.05) is 0 Å². The molecule has 0 heterocycles. The molecule has 0 aliphatic heterocycles. The molecule has 1 atom stereocenters. The second-order valence-electron chi connectivity index (χ2n) is 4.94. The number of benzene rings is 2. The van der Waals surface area contributed by atoms with Crippen LogP contribution in [-0.4, -0.2) is 23.0 Å². The summed E-state index contributed by atoms with van der Waals surface area (Å²) in [6, 6.07) is 13.8. The molecule has 0 bridgehead atoms. The van der Waals surface area contributed by atoms with Crippen LogP contribution in [0, 0.1) is 11.3 Å². The first kappa shape index (κ1) is 15.5. The second kappa shape index (κ2) is 7.23. The molecular weight excluding hydrogens is 280 g/mol. The highest BCUT2D eigenvalue weighted by atomic mass is 16.4. The summed E-state index contributed by atoms with van der Waals surface area (Å²) < 4.78 is 0. The number of rotatable bonds is 6. The molecule has 0 unspecified atom stereocenters. The monoisotopic (exact) mass is 296 g/mol. The lowest BCUT2D eigenvalue weighted by Gasteiger charge is -2.14. The highest BCUT2D eigenvalue weighted by Crippen LogP contribution is 2.18. The van der Waals surface area contributed by atoms with Crippen molar-refractivity contribution in [2.45, 2.75) is 25.3 Å². The maximum absolute atomic E-state index is 12.4. The molecule has 2 rings (SSSR count). The van der Waals surface area contributed by atoms with Gasteiger partial charge in [-0.1, -0.05) is 36.4 Å². The highest BCUT2D eigenvalue weighted by Gasteiger charge is 2.21. The Morgan fingerprint density at radius 1 is 1.18 bits per heavy atom. The van der Waals surface area contributed by atoms with E-state index in [0.29, 0.717) is 12.0 Å². The van der Waals surface area contributed by atoms with Crippen molar-refractivity contribution >= 4 is 22.6 Å². The summed E-state index contributed by atoms with van der Waals surface area (Å²) in [5, 5.41) is 21.9. The first-order valence-electron chi connectivity index (χ1n) is 7.02. The molecule has 0 radical (unpaired) electrons. The Kier molecular flexibility index (Phi) is 5.10. The quantitative estimate of drug-likeness (QED) is 0.802. The molecule has 2 N–H and O–H groups in total. The summed E-state index contributed by atoms with van der Waals surface area (Å²) in [6.07, 6.45) is 0.941. The number of carbonyl (C=O) groups excluding carboxylic acids is 1. The number of aliphatic carboxylic acids is 1. The fourth-order valence-electron chi connectivity index (χ4n) is 2.30. The fraction of sp³-hybridized carbons (Fsp3) is 0.235. The van der Waals surface area contributed by atoms with Crippen molar-refractivity contribution in [3.63, 3.8) is 0 Å². The maximum Gasteiger partial charge on any atom is 0.326 e. The van der Waals surface area contributed by atoms with Crippen LogP contribution in [0.25, 0.3) is 10.8 Å². The van der Waals surface area contributed by atoms with Gasteiger partial charge in [0.1, 0.15) is 6.04 Å². The lowest BCUT2D eigenvalue weighted by molar-refractivity contribution is -0.139. The molecule has 0 saturated carbocycles. The van der Waals surface area contributed by atoms with Crippen molar-refractivity contribution in [3.8, 4) is 6.07 Å². The summed E-state index contributed by atoms with van der Waals surface area (Å²) in [7, 11) is 0. The Hall–Kier alpha value is -2.87. The number of hydrogen-bond acceptors (Lipinski definition) is 3. The van der Waals surface area contributed by atoms with Crippen LogP contribution in [0.4, 0.5) is 0 Å². The highest BCUT2D eigenvalue weighted by molar-refractivity contribution is 6.07. The maximum atomic E-state index is 12.4. The van der Waals surface area contributed by atoms with E-state index in [2.05, 4.69) is 5.32 Å². The predicted molar refractivity (Wildman–Crippen MR) is 82.3 cm³/mol. The summed E-state index contributed by atoms with van der Waals surface area (Å²) in [6.45, 7) is 0. The number of fused-ring (bicyclic) bond motifs is 1. The third-order valence-corrected chi connectivity index (χ3v) is 3.42. The Morgan fingerprint density at radius 2 is 1.91 bits per heavy atom. The zero-order chi connectivity index (χ0) is 15.9. The van der Waals surface area contributed by atoms with Gasteiger partial charge in [-0.2, -0.15) is 5.26 Å². The minimum atomic E-state index is -1.09. The van der Waals surface area contributed by atoms with Crippen LogP contribution < -0.4 is 5.32 Å². The van der Waals surface area contributed by atoms with Crippen molar-refractivity contribution < 1.29 is 14.7 Å². The molecule has 2 aromatic carbocycles. The smallest absolute Gasteiger partial charge is 0.326 e. The van der Waals surface area contributed by atoms with Gasteiger partial charge < -0.3 is 10.4 Å². The van der Waals surface area contributed by atoms with Crippen LogP contribution in [0.5, 0.6) is 0 Å². The SMILES string of the molecule is N#CCCC[C@@H](NC(=O)c1cccc2ccccc12)C(=O)O. The summed E-state index contributed by atoms with van der Waals surface area (Å²) >= 11 is 0. The molecule has 22 heavy (non-hydrogen) atoms. The normalized spacial score (nSPS) is 11.6. The zero-order valence-electron chi connectivity index (χ0n) is 12.0. The van der Waals surface area contributed by atoms with E-state index in [1.165, 1.54) is 0 Å². The second-order valence-corrected chi connectivity index (χ2v) is 4.94. The molecule has 0 aromatic heterocycles. The summed E-state index contributed by atoms with van der Waals surface area (Å²) in [4.78, 5) is 23.6. The third kappa shape index (κ3) is 3.61. The Labute approximate surface area is 128 Å². The standard InChI is InChI=1S/C17H16N2O3/c18-11-4-3-10-15(17(21)22)19-16(20)14-9-5-7-12-6-1-2-8-13(12)14/h1-2,5-9,15H,3-4,10H2,(H,19,20)(H,21,22)/t15-/m1/s1. The van der Waals surface area contributed by atoms with Crippen molar-refractivity contribution in [1.82, 2.24) is 5.32 Å². The van der Waals surface area contributed by atoms with E-state index in [9.17, 15) is 14.7 Å². The average molecular weight is 296 g/mol. The summed E-state index contributed by atoms with van der Waals surface area (Å²) in [5.41, 5.74) is 0.449. The number of carboxylic acids is 1. The molecule has 0 spiro atoms. The van der Waals surface area contributed by atoms with Gasteiger partial charge in [0.05, 0.1) is 6.07 Å². The van der Waals surface area contributed by atoms with Gasteiger partial charge in [-0.15, -0.1) is 0 Å². The first-order valence-corrected chi connectivity index (χ1v) is 7.02. The summed E-state index contributed by atoms with van der Waals surface area (Å²) in [5.74, 6) is -1.51. The number of nitriles is 1. The van der Waals surface area contributed by atoms with Gasteiger partial charge in [0.15, 0.2) is 0 Å². The molecule has 5 heteroatoms. The van der Waals surface area contributed by atoms with Gasteiger partial charge >= 0.3 is 5.97 Å². The van der Waals surface area contributed by atoms with Gasteiger partial charge in [-0.05, 0) is 29.7 Å². The Balaban J connectivity index is 2.19. The van der Waals surface area contributed by atoms with Gasteiger partial charge in [0.2, 0.25) is 0 Å². The van der Waals surface area contributed by atoms with Crippen LogP contribution in [0.1, 0.15) is 29.6 Å². The Morgan fingerprint density at radius 3 is 2.64 bits per heavy atom. The molecule has 0 fully saturated rings. The minimum absolute atomic E-state index is 0.236. The number of carbonyl (C=O) groups is 2. The van der Waals surface area contributed by atoms with E-state index in [1.807, 2.05) is 36.4 Å². The van der Waals surface area contributed by atoms with Crippen LogP contribution in [-0.2, 0) is 4.79 Å². The topological polar surface area (TPSA) is 90.2 Å². The fourth-order valence-corrected chi connectivity index (χ4v) is 2.30. The molecule has 112 valence electrons. The molecular formula is C17H16N2O3. The molecule has 0 saturated heterocycles. The largest absolute Gasteiger partial charge is 0.480 e. The Bertz CT molecular complexity index is 729. The molecule has 0 aliphatic rings. The van der Waals surface area contributed by atoms with Crippen LogP contribution in [0.3, 0.4) is 0 Å². The van der Waals surface area contributed by atoms with Gasteiger partial charge in [0.25, 0.3) is 5.91 Å². The van der Waals surface area contributed by atoms with E-state index in [-0.39, 0.29) is 12.8 Å². The number of amides is 1. The van der Waals surface area contributed by atoms with Crippen LogP contribution in [0.15, 0.2) is 42.5 Å². The number of hydrogen-bond donors (Lipinski definition) is 2. The number of carboxylic acid groups (broad SMARTS) is 1. The average Bonchev–Trinajstić information content (AvgIpc) is 2.53. The molecule has 5 nitrogen and oxygen atoms in total. The van der Waals surface area contributed by atoms with Gasteiger partial charge in [-0.3, -0.25) is 4.79 Å². The van der Waals surface area contributed by atoms with Crippen molar-refractivity contribution in [1.29, 1.82) is 5.26 Å². The lowest BCUT2D eigenvalue weighted by atomic mass is 10.0. The zero-order valence-corrected chi connectivity index (χ0v) is 12.0. The van der Waals surface area contributed by atoms with Crippen molar-refractivity contribution in [2.24, 2.45) is 0 Å². The van der Waals surface area contributed by atoms with E-state index >= 15 is 0 Å². The first-order chi connectivity index (χ1) is 10.6. The molecule has 1 amide bonds. The van der Waals surface area contributed by atoms with Gasteiger partial charge in [0, 0.05) is 12.0 Å². The molecule has 2 aromatic rings. The van der Waals surface area contributed by atoms with Crippen LogP contribution in [0.2, 0.25) is 0 Å². The third-order valence-electron chi connectivity index (χ3n) is 3.42. The van der Waals surface area contributed by atoms with E-state index < -0.39 is 17.9 Å². The predicted octanol–water partition coefficient (Wildman–Crippen LogP) is 2.72. The van der Waals surface area contributed by atoms with Crippen LogP contribution >= 0.6 is 0 Å². The molecule has 0 aliphatic carbocycles. The van der Waals surface area contributed by atoms with E-state index in [4.69, 9.17) is 5.26 Å². The number of unbranched alkanes of at least 4 members (excludes halogenated alkanes) is 1. The number of nitrogens with one attached hydrogen (secondary N) is 1. The minimum Gasteiger partial charge on any atom is -0.480 e. The number of nitrogens with zero attached hydrogens (tertiary/aromatic N) is 1.